The second kappa shape index (κ2) is 5.52. The third-order valence-corrected chi connectivity index (χ3v) is 3.43. The number of benzene rings is 1. The second-order valence-corrected chi connectivity index (χ2v) is 5.09. The molecule has 2 aromatic rings. The maximum absolute atomic E-state index is 13.5. The molecule has 0 aliphatic heterocycles. The number of rotatable bonds is 3. The normalized spacial score (nSPS) is 12.2. The van der Waals surface area contributed by atoms with Crippen LogP contribution in [0.4, 0.5) is 10.1 Å². The zero-order valence-corrected chi connectivity index (χ0v) is 12.1. The van der Waals surface area contributed by atoms with Gasteiger partial charge in [-0.2, -0.15) is 5.10 Å². The molecule has 19 heavy (non-hydrogen) atoms. The molecule has 0 spiro atoms. The van der Waals surface area contributed by atoms with Gasteiger partial charge in [-0.1, -0.05) is 0 Å². The van der Waals surface area contributed by atoms with Crippen LogP contribution in [-0.4, -0.2) is 15.7 Å². The number of carbonyl (C=O) groups is 1. The van der Waals surface area contributed by atoms with Crippen molar-refractivity contribution in [2.75, 3.05) is 5.32 Å². The van der Waals surface area contributed by atoms with Crippen LogP contribution in [0, 0.1) is 12.7 Å². The third kappa shape index (κ3) is 3.01. The summed E-state index contributed by atoms with van der Waals surface area (Å²) in [6, 6.07) is 4.21. The number of nitrogens with one attached hydrogen (secondary N) is 1. The highest BCUT2D eigenvalue weighted by atomic mass is 79.9. The Morgan fingerprint density at radius 3 is 2.89 bits per heavy atom. The molecular weight excluding hydrogens is 313 g/mol. The fraction of sp³-hybridized carbons (Fsp3) is 0.231. The molecule has 1 N–H and O–H groups in total. The van der Waals surface area contributed by atoms with Crippen molar-refractivity contribution in [2.45, 2.75) is 19.9 Å². The Labute approximate surface area is 118 Å². The van der Waals surface area contributed by atoms with E-state index in [2.05, 4.69) is 26.3 Å². The quantitative estimate of drug-likeness (QED) is 0.941. The number of halogens is 2. The van der Waals surface area contributed by atoms with E-state index in [1.54, 1.807) is 43.1 Å². The summed E-state index contributed by atoms with van der Waals surface area (Å²) in [5.41, 5.74) is 1.25. The molecule has 0 bridgehead atoms. The number of hydrogen-bond acceptors (Lipinski definition) is 2. The van der Waals surface area contributed by atoms with Crippen molar-refractivity contribution in [3.05, 3.63) is 46.4 Å². The van der Waals surface area contributed by atoms with Crippen molar-refractivity contribution in [3.63, 3.8) is 0 Å². The van der Waals surface area contributed by atoms with Gasteiger partial charge in [-0.05, 0) is 53.5 Å². The first kappa shape index (κ1) is 13.7. The Balaban J connectivity index is 2.17. The molecule has 0 radical (unpaired) electrons. The number of nitrogens with zero attached hydrogens (tertiary/aromatic N) is 2. The van der Waals surface area contributed by atoms with E-state index in [9.17, 15) is 9.18 Å². The van der Waals surface area contributed by atoms with Crippen LogP contribution in [0.2, 0.25) is 0 Å². The van der Waals surface area contributed by atoms with Crippen LogP contribution in [0.1, 0.15) is 18.5 Å². The Bertz CT molecular complexity index is 598. The maximum Gasteiger partial charge on any atom is 0.248 e. The number of hydrogen-bond donors (Lipinski definition) is 1. The van der Waals surface area contributed by atoms with Crippen molar-refractivity contribution < 1.29 is 9.18 Å². The summed E-state index contributed by atoms with van der Waals surface area (Å²) in [6.45, 7) is 3.53. The van der Waals surface area contributed by atoms with Crippen LogP contribution >= 0.6 is 15.9 Å². The van der Waals surface area contributed by atoms with E-state index < -0.39 is 11.9 Å². The van der Waals surface area contributed by atoms with Gasteiger partial charge >= 0.3 is 0 Å². The van der Waals surface area contributed by atoms with E-state index in [1.165, 1.54) is 6.07 Å². The molecule has 1 unspecified atom stereocenters. The molecule has 1 aromatic carbocycles. The molecule has 0 aliphatic rings. The van der Waals surface area contributed by atoms with Crippen LogP contribution in [0.15, 0.2) is 35.1 Å². The summed E-state index contributed by atoms with van der Waals surface area (Å²) in [5, 5.41) is 6.71. The van der Waals surface area contributed by atoms with Gasteiger partial charge in [0, 0.05) is 18.1 Å². The number of anilines is 1. The van der Waals surface area contributed by atoms with E-state index in [1.807, 2.05) is 0 Å². The van der Waals surface area contributed by atoms with E-state index in [-0.39, 0.29) is 5.91 Å². The Morgan fingerprint density at radius 1 is 1.53 bits per heavy atom. The fourth-order valence-corrected chi connectivity index (χ4v) is 2.11. The van der Waals surface area contributed by atoms with Gasteiger partial charge in [-0.3, -0.25) is 9.48 Å². The molecule has 1 amide bonds. The lowest BCUT2D eigenvalue weighted by molar-refractivity contribution is -0.119. The SMILES string of the molecule is Cc1cc(Br)c(F)cc1NC(=O)C(C)n1cccn1. The smallest absolute Gasteiger partial charge is 0.248 e. The lowest BCUT2D eigenvalue weighted by atomic mass is 10.2. The number of aryl methyl sites for hydroxylation is 1. The monoisotopic (exact) mass is 325 g/mol. The molecule has 0 saturated heterocycles. The van der Waals surface area contributed by atoms with Crippen molar-refractivity contribution in [1.82, 2.24) is 9.78 Å². The van der Waals surface area contributed by atoms with Crippen molar-refractivity contribution in [2.24, 2.45) is 0 Å². The Hall–Kier alpha value is -1.69. The van der Waals surface area contributed by atoms with Crippen LogP contribution in [0.5, 0.6) is 0 Å². The zero-order chi connectivity index (χ0) is 14.0. The van der Waals surface area contributed by atoms with Crippen molar-refractivity contribution in [3.8, 4) is 0 Å². The Morgan fingerprint density at radius 2 is 2.26 bits per heavy atom. The Kier molecular flexibility index (Phi) is 3.99. The molecule has 1 aromatic heterocycles. The topological polar surface area (TPSA) is 46.9 Å². The predicted octanol–water partition coefficient (Wildman–Crippen LogP) is 3.29. The van der Waals surface area contributed by atoms with Gasteiger partial charge in [-0.25, -0.2) is 4.39 Å². The molecule has 0 saturated carbocycles. The van der Waals surface area contributed by atoms with Crippen molar-refractivity contribution >= 4 is 27.5 Å². The van der Waals surface area contributed by atoms with Gasteiger partial charge in [0.1, 0.15) is 11.9 Å². The standard InChI is InChI=1S/C13H13BrFN3O/c1-8-6-10(14)11(15)7-12(8)17-13(19)9(2)18-5-3-4-16-18/h3-7,9H,1-2H3,(H,17,19). The van der Waals surface area contributed by atoms with Gasteiger partial charge in [0.25, 0.3) is 0 Å². The molecule has 0 aliphatic carbocycles. The summed E-state index contributed by atoms with van der Waals surface area (Å²) >= 11 is 3.11. The third-order valence-electron chi connectivity index (χ3n) is 2.83. The number of carbonyl (C=O) groups excluding carboxylic acids is 1. The highest BCUT2D eigenvalue weighted by Gasteiger charge is 2.16. The average molecular weight is 326 g/mol. The first-order valence-corrected chi connectivity index (χ1v) is 6.54. The molecule has 1 atom stereocenters. The molecule has 1 heterocycles. The van der Waals surface area contributed by atoms with E-state index in [0.717, 1.165) is 5.56 Å². The highest BCUT2D eigenvalue weighted by molar-refractivity contribution is 9.10. The summed E-state index contributed by atoms with van der Waals surface area (Å²) in [7, 11) is 0. The van der Waals surface area contributed by atoms with Gasteiger partial charge in [0.05, 0.1) is 4.47 Å². The molecule has 100 valence electrons. The van der Waals surface area contributed by atoms with Gasteiger partial charge in [-0.15, -0.1) is 0 Å². The minimum atomic E-state index is -0.457. The zero-order valence-electron chi connectivity index (χ0n) is 10.5. The summed E-state index contributed by atoms with van der Waals surface area (Å²) in [4.78, 5) is 12.1. The minimum Gasteiger partial charge on any atom is -0.324 e. The van der Waals surface area contributed by atoms with E-state index in [4.69, 9.17) is 0 Å². The van der Waals surface area contributed by atoms with Gasteiger partial charge in [0.15, 0.2) is 0 Å². The lowest BCUT2D eigenvalue weighted by Crippen LogP contribution is -2.24. The van der Waals surface area contributed by atoms with Crippen LogP contribution < -0.4 is 5.32 Å². The van der Waals surface area contributed by atoms with Crippen LogP contribution in [0.3, 0.4) is 0 Å². The summed E-state index contributed by atoms with van der Waals surface area (Å²) < 4.78 is 15.4. The minimum absolute atomic E-state index is 0.242. The molecule has 6 heteroatoms. The van der Waals surface area contributed by atoms with Gasteiger partial charge in [0.2, 0.25) is 5.91 Å². The number of aromatic nitrogens is 2. The second-order valence-electron chi connectivity index (χ2n) is 4.23. The molecule has 4 nitrogen and oxygen atoms in total. The fourth-order valence-electron chi connectivity index (χ4n) is 1.65. The molecule has 2 rings (SSSR count). The molecule has 0 fully saturated rings. The lowest BCUT2D eigenvalue weighted by Gasteiger charge is -2.14. The highest BCUT2D eigenvalue weighted by Crippen LogP contribution is 2.24. The largest absolute Gasteiger partial charge is 0.324 e. The maximum atomic E-state index is 13.5. The summed E-state index contributed by atoms with van der Waals surface area (Å²) in [5.74, 6) is -0.652. The van der Waals surface area contributed by atoms with E-state index >= 15 is 0 Å². The first-order chi connectivity index (χ1) is 8.99. The molecular formula is C13H13BrFN3O. The predicted molar refractivity (Wildman–Crippen MR) is 74.4 cm³/mol. The number of amides is 1. The average Bonchev–Trinajstić information content (AvgIpc) is 2.88. The first-order valence-electron chi connectivity index (χ1n) is 5.74. The van der Waals surface area contributed by atoms with Crippen molar-refractivity contribution in [1.29, 1.82) is 0 Å². The van der Waals surface area contributed by atoms with Crippen LogP contribution in [0.25, 0.3) is 0 Å². The van der Waals surface area contributed by atoms with Crippen LogP contribution in [-0.2, 0) is 4.79 Å². The van der Waals surface area contributed by atoms with Gasteiger partial charge < -0.3 is 5.32 Å². The van der Waals surface area contributed by atoms with E-state index in [0.29, 0.717) is 10.2 Å². The summed E-state index contributed by atoms with van der Waals surface area (Å²) in [6.07, 6.45) is 3.31.